The Balaban J connectivity index is 1.40. The maximum atomic E-state index is 13.0. The van der Waals surface area contributed by atoms with E-state index in [-0.39, 0.29) is 29.6 Å². The molecule has 1 aromatic rings. The van der Waals surface area contributed by atoms with E-state index >= 15 is 0 Å². The van der Waals surface area contributed by atoms with Gasteiger partial charge in [0.15, 0.2) is 0 Å². The molecule has 2 aliphatic carbocycles. The van der Waals surface area contributed by atoms with Crippen molar-refractivity contribution in [2.24, 2.45) is 29.6 Å². The van der Waals surface area contributed by atoms with Crippen LogP contribution in [0.2, 0.25) is 0 Å². The molecule has 2 saturated heterocycles. The van der Waals surface area contributed by atoms with Crippen molar-refractivity contribution in [3.05, 3.63) is 29.8 Å². The van der Waals surface area contributed by atoms with E-state index in [1.807, 2.05) is 4.90 Å². The van der Waals surface area contributed by atoms with E-state index in [2.05, 4.69) is 6.92 Å². The molecule has 0 aromatic heterocycles. The first-order valence-corrected chi connectivity index (χ1v) is 10.3. The van der Waals surface area contributed by atoms with Crippen LogP contribution in [-0.4, -0.2) is 35.7 Å². The largest absolute Gasteiger partial charge is 0.339 e. The molecule has 3 amide bonds. The van der Waals surface area contributed by atoms with Crippen molar-refractivity contribution in [1.29, 1.82) is 0 Å². The van der Waals surface area contributed by atoms with E-state index in [1.165, 1.54) is 4.90 Å². The Bertz CT molecular complexity index is 784. The highest BCUT2D eigenvalue weighted by Crippen LogP contribution is 2.56. The van der Waals surface area contributed by atoms with Crippen molar-refractivity contribution in [1.82, 2.24) is 4.90 Å². The number of anilines is 1. The van der Waals surface area contributed by atoms with Crippen molar-refractivity contribution in [3.8, 4) is 0 Å². The summed E-state index contributed by atoms with van der Waals surface area (Å²) in [5.41, 5.74) is 1.14. The monoisotopic (exact) mass is 366 g/mol. The second kappa shape index (κ2) is 6.18. The lowest BCUT2D eigenvalue weighted by Crippen LogP contribution is -2.38. The molecule has 0 spiro atoms. The minimum atomic E-state index is -0.126. The first-order chi connectivity index (χ1) is 13.0. The molecule has 4 atom stereocenters. The number of carbonyl (C=O) groups is 3. The van der Waals surface area contributed by atoms with Crippen LogP contribution in [0.4, 0.5) is 5.69 Å². The van der Waals surface area contributed by atoms with Gasteiger partial charge in [-0.05, 0) is 68.1 Å². The zero-order chi connectivity index (χ0) is 18.7. The first kappa shape index (κ1) is 17.0. The number of fused-ring (bicyclic) bond motifs is 5. The molecule has 4 aliphatic rings. The van der Waals surface area contributed by atoms with Gasteiger partial charge in [0.25, 0.3) is 5.91 Å². The molecule has 5 heteroatoms. The Hall–Kier alpha value is -2.17. The predicted molar refractivity (Wildman–Crippen MR) is 101 cm³/mol. The minimum Gasteiger partial charge on any atom is -0.339 e. The maximum absolute atomic E-state index is 13.0. The summed E-state index contributed by atoms with van der Waals surface area (Å²) in [4.78, 5) is 42.2. The Morgan fingerprint density at radius 2 is 1.59 bits per heavy atom. The number of hydrogen-bond acceptors (Lipinski definition) is 3. The molecule has 5 nitrogen and oxygen atoms in total. The normalized spacial score (nSPS) is 33.1. The molecule has 2 heterocycles. The van der Waals surface area contributed by atoms with Gasteiger partial charge < -0.3 is 4.90 Å². The number of hydrogen-bond donors (Lipinski definition) is 0. The van der Waals surface area contributed by atoms with Crippen LogP contribution in [0.25, 0.3) is 0 Å². The van der Waals surface area contributed by atoms with Crippen LogP contribution in [0.15, 0.2) is 24.3 Å². The lowest BCUT2D eigenvalue weighted by atomic mass is 9.81. The zero-order valence-corrected chi connectivity index (χ0v) is 15.8. The van der Waals surface area contributed by atoms with Crippen LogP contribution in [0.1, 0.15) is 49.4 Å². The second-order valence-electron chi connectivity index (χ2n) is 8.92. The minimum absolute atomic E-state index is 0.00288. The quantitative estimate of drug-likeness (QED) is 0.756. The third kappa shape index (κ3) is 2.54. The number of imide groups is 1. The topological polar surface area (TPSA) is 57.7 Å². The predicted octanol–water partition coefficient (Wildman–Crippen LogP) is 3.09. The van der Waals surface area contributed by atoms with Crippen molar-refractivity contribution < 1.29 is 14.4 Å². The molecule has 27 heavy (non-hydrogen) atoms. The molecule has 2 saturated carbocycles. The van der Waals surface area contributed by atoms with Crippen molar-refractivity contribution in [3.63, 3.8) is 0 Å². The third-order valence-electron chi connectivity index (χ3n) is 7.35. The van der Waals surface area contributed by atoms with Gasteiger partial charge in [-0.2, -0.15) is 0 Å². The van der Waals surface area contributed by atoms with E-state index < -0.39 is 0 Å². The van der Waals surface area contributed by atoms with Crippen molar-refractivity contribution in [2.45, 2.75) is 39.0 Å². The van der Waals surface area contributed by atoms with Gasteiger partial charge in [-0.25, -0.2) is 0 Å². The summed E-state index contributed by atoms with van der Waals surface area (Å²) in [6, 6.07) is 7.10. The molecule has 2 aliphatic heterocycles. The maximum Gasteiger partial charge on any atom is 0.253 e. The van der Waals surface area contributed by atoms with E-state index in [9.17, 15) is 14.4 Å². The molecule has 142 valence electrons. The Labute approximate surface area is 159 Å². The average molecular weight is 366 g/mol. The number of benzene rings is 1. The molecule has 0 N–H and O–H groups in total. The van der Waals surface area contributed by atoms with Crippen molar-refractivity contribution in [2.75, 3.05) is 18.0 Å². The second-order valence-corrected chi connectivity index (χ2v) is 8.92. The van der Waals surface area contributed by atoms with E-state index in [1.54, 1.807) is 24.3 Å². The number of piperidine rings is 1. The molecule has 0 unspecified atom stereocenters. The van der Waals surface area contributed by atoms with Crippen LogP contribution in [-0.2, 0) is 9.59 Å². The van der Waals surface area contributed by atoms with Gasteiger partial charge in [-0.15, -0.1) is 0 Å². The standard InChI is InChI=1S/C22H26N2O3/c1-13-7-9-23(10-8-13)20(25)16-3-2-4-17(12-16)24-21(26)18-14-5-6-15(11-14)19(18)22(24)27/h2-4,12-15,18-19H,5-11H2,1H3/t14-,15-,18-,19-/m0/s1. The van der Waals surface area contributed by atoms with Gasteiger partial charge in [0, 0.05) is 18.7 Å². The van der Waals surface area contributed by atoms with Crippen LogP contribution >= 0.6 is 0 Å². The molecule has 2 bridgehead atoms. The zero-order valence-electron chi connectivity index (χ0n) is 15.8. The highest BCUT2D eigenvalue weighted by atomic mass is 16.2. The molecule has 4 fully saturated rings. The van der Waals surface area contributed by atoms with Crippen LogP contribution in [0, 0.1) is 29.6 Å². The van der Waals surface area contributed by atoms with Gasteiger partial charge >= 0.3 is 0 Å². The molecule has 0 radical (unpaired) electrons. The van der Waals surface area contributed by atoms with Crippen molar-refractivity contribution >= 4 is 23.4 Å². The van der Waals surface area contributed by atoms with Gasteiger partial charge in [0.05, 0.1) is 17.5 Å². The number of nitrogens with zero attached hydrogens (tertiary/aromatic N) is 2. The smallest absolute Gasteiger partial charge is 0.253 e. The first-order valence-electron chi connectivity index (χ1n) is 10.3. The van der Waals surface area contributed by atoms with Crippen LogP contribution < -0.4 is 4.90 Å². The van der Waals surface area contributed by atoms with Gasteiger partial charge in [-0.1, -0.05) is 13.0 Å². The van der Waals surface area contributed by atoms with Gasteiger partial charge in [-0.3, -0.25) is 19.3 Å². The molecular formula is C22H26N2O3. The van der Waals surface area contributed by atoms with E-state index in [0.717, 1.165) is 45.2 Å². The molecule has 5 rings (SSSR count). The lowest BCUT2D eigenvalue weighted by molar-refractivity contribution is -0.123. The summed E-state index contributed by atoms with van der Waals surface area (Å²) in [7, 11) is 0. The Kier molecular flexibility index (Phi) is 3.88. The summed E-state index contributed by atoms with van der Waals surface area (Å²) in [6.45, 7) is 3.77. The molecule has 1 aromatic carbocycles. The number of rotatable bonds is 2. The fourth-order valence-electron chi connectivity index (χ4n) is 5.84. The SMILES string of the molecule is CC1CCN(C(=O)c2cccc(N3C(=O)[C@H]4[C@H]5CC[C@@H](C5)[C@@H]4C3=O)c2)CC1. The third-order valence-corrected chi connectivity index (χ3v) is 7.35. The average Bonchev–Trinajstić information content (AvgIpc) is 3.36. The van der Waals surface area contributed by atoms with Gasteiger partial charge in [0.2, 0.25) is 11.8 Å². The number of likely N-dealkylation sites (tertiary alicyclic amines) is 1. The summed E-state index contributed by atoms with van der Waals surface area (Å²) in [5.74, 6) is 1.07. The highest BCUT2D eigenvalue weighted by Gasteiger charge is 2.61. The molecular weight excluding hydrogens is 340 g/mol. The van der Waals surface area contributed by atoms with Gasteiger partial charge in [0.1, 0.15) is 0 Å². The van der Waals surface area contributed by atoms with Crippen LogP contribution in [0.3, 0.4) is 0 Å². The number of carbonyl (C=O) groups excluding carboxylic acids is 3. The Morgan fingerprint density at radius 1 is 0.963 bits per heavy atom. The summed E-state index contributed by atoms with van der Waals surface area (Å²) in [5, 5.41) is 0. The van der Waals surface area contributed by atoms with E-state index in [4.69, 9.17) is 0 Å². The number of amides is 3. The van der Waals surface area contributed by atoms with E-state index in [0.29, 0.717) is 29.0 Å². The summed E-state index contributed by atoms with van der Waals surface area (Å²) < 4.78 is 0. The fourth-order valence-corrected chi connectivity index (χ4v) is 5.84. The summed E-state index contributed by atoms with van der Waals surface area (Å²) >= 11 is 0. The highest BCUT2D eigenvalue weighted by molar-refractivity contribution is 6.22. The lowest BCUT2D eigenvalue weighted by Gasteiger charge is -2.30. The summed E-state index contributed by atoms with van der Waals surface area (Å²) in [6.07, 6.45) is 5.24. The fraction of sp³-hybridized carbons (Fsp3) is 0.591. The van der Waals surface area contributed by atoms with Crippen LogP contribution in [0.5, 0.6) is 0 Å². The Morgan fingerprint density at radius 3 is 2.22 bits per heavy atom.